The second-order valence-corrected chi connectivity index (χ2v) is 6.60. The molecule has 0 saturated carbocycles. The van der Waals surface area contributed by atoms with Crippen LogP contribution in [0, 0.1) is 12.3 Å². The van der Waals surface area contributed by atoms with Gasteiger partial charge in [-0.05, 0) is 31.4 Å². The molecule has 0 aliphatic heterocycles. The van der Waals surface area contributed by atoms with Gasteiger partial charge in [0.15, 0.2) is 0 Å². The van der Waals surface area contributed by atoms with E-state index in [9.17, 15) is 0 Å². The topological polar surface area (TPSA) is 29.9 Å². The van der Waals surface area contributed by atoms with Crippen molar-refractivity contribution in [1.29, 1.82) is 0 Å². The maximum Gasteiger partial charge on any atom is 0.0648 e. The van der Waals surface area contributed by atoms with Gasteiger partial charge < -0.3 is 5.32 Å². The third-order valence-electron chi connectivity index (χ3n) is 3.45. The van der Waals surface area contributed by atoms with Crippen molar-refractivity contribution in [2.45, 2.75) is 40.7 Å². The minimum Gasteiger partial charge on any atom is -0.310 e. The number of aromatic nitrogens is 2. The zero-order valence-electron chi connectivity index (χ0n) is 13.1. The van der Waals surface area contributed by atoms with Crippen LogP contribution >= 0.6 is 0 Å². The van der Waals surface area contributed by atoms with Gasteiger partial charge in [-0.3, -0.25) is 0 Å². The molecular weight excluding hydrogens is 246 g/mol. The monoisotopic (exact) mass is 271 g/mol. The number of hydrogen-bond acceptors (Lipinski definition) is 2. The summed E-state index contributed by atoms with van der Waals surface area (Å²) in [7, 11) is 0. The Morgan fingerprint density at radius 3 is 2.45 bits per heavy atom. The Morgan fingerprint density at radius 2 is 1.85 bits per heavy atom. The van der Waals surface area contributed by atoms with E-state index < -0.39 is 0 Å². The molecule has 1 aromatic carbocycles. The fourth-order valence-corrected chi connectivity index (χ4v) is 2.25. The molecule has 0 aliphatic carbocycles. The molecule has 0 fully saturated rings. The molecule has 108 valence electrons. The van der Waals surface area contributed by atoms with Crippen LogP contribution in [0.15, 0.2) is 36.5 Å². The maximum atomic E-state index is 4.53. The molecule has 0 saturated heterocycles. The lowest BCUT2D eigenvalue weighted by Gasteiger charge is -2.22. The second kappa shape index (κ2) is 5.80. The quantitative estimate of drug-likeness (QED) is 0.914. The van der Waals surface area contributed by atoms with Gasteiger partial charge >= 0.3 is 0 Å². The number of hydrogen-bond donors (Lipinski definition) is 1. The second-order valence-electron chi connectivity index (χ2n) is 6.60. The number of nitrogens with one attached hydrogen (secondary N) is 1. The first-order valence-corrected chi connectivity index (χ1v) is 7.22. The fraction of sp³-hybridized carbons (Fsp3) is 0.471. The van der Waals surface area contributed by atoms with Crippen LogP contribution in [0.25, 0.3) is 5.69 Å². The summed E-state index contributed by atoms with van der Waals surface area (Å²) in [6.07, 6.45) is 1.97. The van der Waals surface area contributed by atoms with Crippen molar-refractivity contribution in [2.75, 3.05) is 6.54 Å². The van der Waals surface area contributed by atoms with Gasteiger partial charge in [0.05, 0.1) is 11.9 Å². The molecule has 1 atom stereocenters. The first-order valence-electron chi connectivity index (χ1n) is 7.22. The molecule has 20 heavy (non-hydrogen) atoms. The van der Waals surface area contributed by atoms with Crippen molar-refractivity contribution < 1.29 is 0 Å². The van der Waals surface area contributed by atoms with E-state index in [-0.39, 0.29) is 5.41 Å². The lowest BCUT2D eigenvalue weighted by Crippen LogP contribution is -2.29. The van der Waals surface area contributed by atoms with E-state index in [1.165, 1.54) is 11.3 Å². The van der Waals surface area contributed by atoms with Gasteiger partial charge in [-0.1, -0.05) is 39.0 Å². The van der Waals surface area contributed by atoms with Gasteiger partial charge in [-0.15, -0.1) is 0 Å². The summed E-state index contributed by atoms with van der Waals surface area (Å²) in [5, 5.41) is 8.12. The van der Waals surface area contributed by atoms with Crippen LogP contribution in [-0.2, 0) is 0 Å². The summed E-state index contributed by atoms with van der Waals surface area (Å²) in [5.74, 6) is 0. The molecule has 1 aromatic heterocycles. The summed E-state index contributed by atoms with van der Waals surface area (Å²) < 4.78 is 2.00. The van der Waals surface area contributed by atoms with Gasteiger partial charge in [0.1, 0.15) is 0 Å². The predicted molar refractivity (Wildman–Crippen MR) is 84.2 cm³/mol. The van der Waals surface area contributed by atoms with Crippen molar-refractivity contribution in [3.63, 3.8) is 0 Å². The van der Waals surface area contributed by atoms with E-state index in [1.807, 2.05) is 29.1 Å². The summed E-state index contributed by atoms with van der Waals surface area (Å²) >= 11 is 0. The smallest absolute Gasteiger partial charge is 0.0648 e. The summed E-state index contributed by atoms with van der Waals surface area (Å²) in [6, 6.07) is 10.6. The Bertz CT molecular complexity index is 549. The molecule has 0 aliphatic rings. The molecule has 1 N–H and O–H groups in total. The minimum absolute atomic E-state index is 0.289. The highest BCUT2D eigenvalue weighted by molar-refractivity contribution is 5.35. The molecule has 0 radical (unpaired) electrons. The summed E-state index contributed by atoms with van der Waals surface area (Å²) in [4.78, 5) is 0. The van der Waals surface area contributed by atoms with E-state index in [0.717, 1.165) is 12.2 Å². The third kappa shape index (κ3) is 3.48. The van der Waals surface area contributed by atoms with Crippen molar-refractivity contribution in [3.05, 3.63) is 47.8 Å². The van der Waals surface area contributed by atoms with Crippen LogP contribution in [0.1, 0.15) is 45.0 Å². The van der Waals surface area contributed by atoms with Crippen molar-refractivity contribution in [2.24, 2.45) is 5.41 Å². The van der Waals surface area contributed by atoms with Crippen LogP contribution in [-0.4, -0.2) is 16.3 Å². The van der Waals surface area contributed by atoms with Crippen LogP contribution in [0.4, 0.5) is 0 Å². The number of benzene rings is 1. The first kappa shape index (κ1) is 14.8. The zero-order chi connectivity index (χ0) is 14.8. The zero-order valence-corrected chi connectivity index (χ0v) is 13.1. The number of para-hydroxylation sites is 1. The normalized spacial score (nSPS) is 13.4. The highest BCUT2D eigenvalue weighted by Gasteiger charge is 2.16. The van der Waals surface area contributed by atoms with Crippen molar-refractivity contribution in [1.82, 2.24) is 15.1 Å². The van der Waals surface area contributed by atoms with E-state index in [1.54, 1.807) is 0 Å². The van der Waals surface area contributed by atoms with Gasteiger partial charge in [0, 0.05) is 23.8 Å². The largest absolute Gasteiger partial charge is 0.310 e. The minimum atomic E-state index is 0.289. The summed E-state index contributed by atoms with van der Waals surface area (Å²) in [5.41, 5.74) is 3.86. The Morgan fingerprint density at radius 1 is 1.20 bits per heavy atom. The Kier molecular flexibility index (Phi) is 4.29. The van der Waals surface area contributed by atoms with E-state index in [4.69, 9.17) is 0 Å². The van der Waals surface area contributed by atoms with Crippen molar-refractivity contribution in [3.8, 4) is 5.69 Å². The van der Waals surface area contributed by atoms with Gasteiger partial charge in [-0.25, -0.2) is 4.68 Å². The first-order chi connectivity index (χ1) is 9.38. The van der Waals surface area contributed by atoms with Crippen LogP contribution in [0.5, 0.6) is 0 Å². The highest BCUT2D eigenvalue weighted by atomic mass is 15.3. The van der Waals surface area contributed by atoms with Gasteiger partial charge in [0.2, 0.25) is 0 Å². The van der Waals surface area contributed by atoms with E-state index in [0.29, 0.717) is 6.04 Å². The SMILES string of the molecule is Cc1c(C(C)NCC(C)(C)C)cnn1-c1ccccc1. The molecule has 3 nitrogen and oxygen atoms in total. The standard InChI is InChI=1S/C17H25N3/c1-13(18-12-17(3,4)5)16-11-19-20(14(16)2)15-9-7-6-8-10-15/h6-11,13,18H,12H2,1-5H3. The Labute approximate surface area is 122 Å². The molecular formula is C17H25N3. The molecule has 2 aromatic rings. The lowest BCUT2D eigenvalue weighted by atomic mass is 9.96. The van der Waals surface area contributed by atoms with E-state index >= 15 is 0 Å². The molecule has 0 bridgehead atoms. The van der Waals surface area contributed by atoms with Crippen LogP contribution in [0.3, 0.4) is 0 Å². The predicted octanol–water partition coefficient (Wildman–Crippen LogP) is 3.88. The lowest BCUT2D eigenvalue weighted by molar-refractivity contribution is 0.359. The molecule has 0 spiro atoms. The van der Waals surface area contributed by atoms with Gasteiger partial charge in [0.25, 0.3) is 0 Å². The number of nitrogens with zero attached hydrogens (tertiary/aromatic N) is 2. The number of rotatable bonds is 4. The van der Waals surface area contributed by atoms with Crippen LogP contribution in [0.2, 0.25) is 0 Å². The fourth-order valence-electron chi connectivity index (χ4n) is 2.25. The summed E-state index contributed by atoms with van der Waals surface area (Å²) in [6.45, 7) is 12.0. The molecule has 3 heteroatoms. The molecule has 1 heterocycles. The van der Waals surface area contributed by atoms with Gasteiger partial charge in [-0.2, -0.15) is 5.10 Å². The van der Waals surface area contributed by atoms with Crippen molar-refractivity contribution >= 4 is 0 Å². The molecule has 2 rings (SSSR count). The third-order valence-corrected chi connectivity index (χ3v) is 3.45. The Balaban J connectivity index is 2.17. The highest BCUT2D eigenvalue weighted by Crippen LogP contribution is 2.21. The van der Waals surface area contributed by atoms with E-state index in [2.05, 4.69) is 57.2 Å². The van der Waals surface area contributed by atoms with Crippen LogP contribution < -0.4 is 5.32 Å². The molecule has 1 unspecified atom stereocenters. The average molecular weight is 271 g/mol. The molecule has 0 amide bonds. The average Bonchev–Trinajstić information content (AvgIpc) is 2.78. The maximum absolute atomic E-state index is 4.53. The Hall–Kier alpha value is -1.61.